The summed E-state index contributed by atoms with van der Waals surface area (Å²) in [5, 5.41) is 0. The summed E-state index contributed by atoms with van der Waals surface area (Å²) in [4.78, 5) is 13.4. The highest BCUT2D eigenvalue weighted by Gasteiger charge is 2.13. The first-order valence-electron chi connectivity index (χ1n) is 5.78. The number of nitrogens with one attached hydrogen (secondary N) is 1. The molecule has 0 bridgehead atoms. The summed E-state index contributed by atoms with van der Waals surface area (Å²) in [5.41, 5.74) is 6.11. The fourth-order valence-electron chi connectivity index (χ4n) is 1.97. The molecule has 0 aliphatic rings. The van der Waals surface area contributed by atoms with Gasteiger partial charge in [-0.05, 0) is 13.8 Å². The fourth-order valence-corrected chi connectivity index (χ4v) is 2.72. The highest BCUT2D eigenvalue weighted by molar-refractivity contribution is 7.13. The molecule has 3 nitrogen and oxygen atoms in total. The van der Waals surface area contributed by atoms with Crippen LogP contribution in [-0.2, 0) is 0 Å². The van der Waals surface area contributed by atoms with Crippen molar-refractivity contribution in [2.45, 2.75) is 13.8 Å². The molecule has 0 unspecified atom stereocenters. The summed E-state index contributed by atoms with van der Waals surface area (Å²) < 4.78 is 0. The summed E-state index contributed by atoms with van der Waals surface area (Å²) in [6, 6.07) is 10.2. The molecule has 2 heterocycles. The van der Waals surface area contributed by atoms with Crippen molar-refractivity contribution in [3.8, 4) is 22.0 Å². The molecular weight excluding hydrogens is 242 g/mol. The average molecular weight is 255 g/mol. The van der Waals surface area contributed by atoms with Gasteiger partial charge in [0.2, 0.25) is 0 Å². The van der Waals surface area contributed by atoms with Crippen molar-refractivity contribution in [1.29, 1.82) is 0 Å². The zero-order chi connectivity index (χ0) is 12.5. The van der Waals surface area contributed by atoms with Crippen LogP contribution in [0, 0.1) is 13.8 Å². The average Bonchev–Trinajstić information content (AvgIpc) is 2.96. The second-order valence-electron chi connectivity index (χ2n) is 4.19. The molecule has 3 rings (SSSR count). The number of H-pyrrole nitrogens is 1. The van der Waals surface area contributed by atoms with E-state index in [4.69, 9.17) is 4.98 Å². The Hall–Kier alpha value is -1.94. The molecule has 90 valence electrons. The first kappa shape index (κ1) is 11.2. The number of benzene rings is 1. The maximum absolute atomic E-state index is 4.70. The molecule has 3 aromatic rings. The number of aryl methyl sites for hydroxylation is 2. The highest BCUT2D eigenvalue weighted by atomic mass is 32.1. The van der Waals surface area contributed by atoms with E-state index in [0.29, 0.717) is 0 Å². The number of imidazole rings is 1. The van der Waals surface area contributed by atoms with Crippen molar-refractivity contribution in [1.82, 2.24) is 15.0 Å². The van der Waals surface area contributed by atoms with Crippen LogP contribution < -0.4 is 0 Å². The Bertz CT molecular complexity index is 667. The fraction of sp³-hybridized carbons (Fsp3) is 0.143. The van der Waals surface area contributed by atoms with E-state index < -0.39 is 0 Å². The molecule has 0 saturated carbocycles. The Labute approximate surface area is 110 Å². The number of hydrogen-bond acceptors (Lipinski definition) is 3. The van der Waals surface area contributed by atoms with Gasteiger partial charge in [-0.1, -0.05) is 30.3 Å². The summed E-state index contributed by atoms with van der Waals surface area (Å²) in [6.45, 7) is 4.06. The lowest BCUT2D eigenvalue weighted by Crippen LogP contribution is -1.81. The topological polar surface area (TPSA) is 41.6 Å². The molecule has 0 radical (unpaired) electrons. The smallest absolute Gasteiger partial charge is 0.150 e. The lowest BCUT2D eigenvalue weighted by molar-refractivity contribution is 1.22. The number of rotatable bonds is 2. The number of aromatic nitrogens is 3. The molecule has 0 aliphatic heterocycles. The number of hydrogen-bond donors (Lipinski definition) is 1. The standard InChI is InChI=1S/C14H13N3S/c1-9-12(11-6-4-3-5-7-11)17-14(16-9)13-10(2)15-8-18-13/h3-8H,1-2H3,(H,16,17). The molecule has 2 aromatic heterocycles. The Morgan fingerprint density at radius 3 is 2.56 bits per heavy atom. The van der Waals surface area contributed by atoms with E-state index in [1.807, 2.05) is 30.6 Å². The van der Waals surface area contributed by atoms with Gasteiger partial charge in [-0.25, -0.2) is 9.97 Å². The Morgan fingerprint density at radius 1 is 1.11 bits per heavy atom. The van der Waals surface area contributed by atoms with Crippen LogP contribution in [0.25, 0.3) is 22.0 Å². The Morgan fingerprint density at radius 2 is 1.89 bits per heavy atom. The maximum Gasteiger partial charge on any atom is 0.150 e. The molecule has 0 fully saturated rings. The van der Waals surface area contributed by atoms with Crippen LogP contribution in [0.2, 0.25) is 0 Å². The van der Waals surface area contributed by atoms with Gasteiger partial charge in [0.05, 0.1) is 21.8 Å². The van der Waals surface area contributed by atoms with Gasteiger partial charge in [0.25, 0.3) is 0 Å². The third-order valence-corrected chi connectivity index (χ3v) is 3.83. The largest absolute Gasteiger partial charge is 0.341 e. The van der Waals surface area contributed by atoms with E-state index in [-0.39, 0.29) is 0 Å². The van der Waals surface area contributed by atoms with Crippen LogP contribution in [0.4, 0.5) is 0 Å². The molecule has 1 N–H and O–H groups in total. The van der Waals surface area contributed by atoms with E-state index in [1.54, 1.807) is 11.3 Å². The van der Waals surface area contributed by atoms with Crippen LogP contribution >= 0.6 is 11.3 Å². The van der Waals surface area contributed by atoms with Gasteiger partial charge in [0, 0.05) is 11.3 Å². The number of aromatic amines is 1. The molecule has 4 heteroatoms. The molecule has 0 spiro atoms. The summed E-state index contributed by atoms with van der Waals surface area (Å²) in [5.74, 6) is 0.909. The van der Waals surface area contributed by atoms with Crippen molar-refractivity contribution in [3.63, 3.8) is 0 Å². The Kier molecular flexibility index (Phi) is 2.72. The maximum atomic E-state index is 4.70. The minimum absolute atomic E-state index is 0.909. The molecular formula is C14H13N3S. The van der Waals surface area contributed by atoms with E-state index in [0.717, 1.165) is 33.3 Å². The van der Waals surface area contributed by atoms with Crippen molar-refractivity contribution < 1.29 is 0 Å². The molecule has 0 aliphatic carbocycles. The minimum Gasteiger partial charge on any atom is -0.341 e. The number of thiazole rings is 1. The van der Waals surface area contributed by atoms with Crippen LogP contribution in [0.1, 0.15) is 11.4 Å². The molecule has 0 amide bonds. The third kappa shape index (κ3) is 1.84. The SMILES string of the molecule is Cc1ncsc1-c1nc(-c2ccccc2)c(C)[nH]1. The van der Waals surface area contributed by atoms with Crippen molar-refractivity contribution in [3.05, 3.63) is 47.2 Å². The van der Waals surface area contributed by atoms with E-state index in [1.165, 1.54) is 0 Å². The van der Waals surface area contributed by atoms with Crippen LogP contribution in [0.3, 0.4) is 0 Å². The predicted octanol–water partition coefficient (Wildman–Crippen LogP) is 3.82. The van der Waals surface area contributed by atoms with E-state index in [9.17, 15) is 0 Å². The van der Waals surface area contributed by atoms with Crippen molar-refractivity contribution in [2.75, 3.05) is 0 Å². The second-order valence-corrected chi connectivity index (χ2v) is 5.05. The van der Waals surface area contributed by atoms with Crippen LogP contribution in [0.5, 0.6) is 0 Å². The summed E-state index contributed by atoms with van der Waals surface area (Å²) >= 11 is 1.62. The molecule has 1 aromatic carbocycles. The van der Waals surface area contributed by atoms with Gasteiger partial charge >= 0.3 is 0 Å². The number of nitrogens with zero attached hydrogens (tertiary/aromatic N) is 2. The van der Waals surface area contributed by atoms with Gasteiger partial charge in [0.1, 0.15) is 5.82 Å². The van der Waals surface area contributed by atoms with Gasteiger partial charge in [-0.15, -0.1) is 11.3 Å². The zero-order valence-corrected chi connectivity index (χ0v) is 11.1. The summed E-state index contributed by atoms with van der Waals surface area (Å²) in [7, 11) is 0. The molecule has 18 heavy (non-hydrogen) atoms. The van der Waals surface area contributed by atoms with E-state index in [2.05, 4.69) is 29.0 Å². The predicted molar refractivity (Wildman–Crippen MR) is 74.6 cm³/mol. The normalized spacial score (nSPS) is 10.8. The van der Waals surface area contributed by atoms with Gasteiger partial charge in [-0.3, -0.25) is 0 Å². The lowest BCUT2D eigenvalue weighted by Gasteiger charge is -1.96. The van der Waals surface area contributed by atoms with Crippen LogP contribution in [0.15, 0.2) is 35.8 Å². The second kappa shape index (κ2) is 4.38. The van der Waals surface area contributed by atoms with Gasteiger partial charge in [-0.2, -0.15) is 0 Å². The van der Waals surface area contributed by atoms with Crippen LogP contribution in [-0.4, -0.2) is 15.0 Å². The highest BCUT2D eigenvalue weighted by Crippen LogP contribution is 2.29. The monoisotopic (exact) mass is 255 g/mol. The molecule has 0 atom stereocenters. The van der Waals surface area contributed by atoms with Gasteiger partial charge in [0.15, 0.2) is 0 Å². The zero-order valence-electron chi connectivity index (χ0n) is 10.3. The Balaban J connectivity index is 2.10. The first-order valence-corrected chi connectivity index (χ1v) is 6.66. The molecule has 0 saturated heterocycles. The van der Waals surface area contributed by atoms with Crippen molar-refractivity contribution >= 4 is 11.3 Å². The van der Waals surface area contributed by atoms with E-state index >= 15 is 0 Å². The first-order chi connectivity index (χ1) is 8.75. The van der Waals surface area contributed by atoms with Gasteiger partial charge < -0.3 is 4.98 Å². The summed E-state index contributed by atoms with van der Waals surface area (Å²) in [6.07, 6.45) is 0. The minimum atomic E-state index is 0.909. The lowest BCUT2D eigenvalue weighted by atomic mass is 10.1. The quantitative estimate of drug-likeness (QED) is 0.756. The third-order valence-electron chi connectivity index (χ3n) is 2.89. The van der Waals surface area contributed by atoms with Crippen molar-refractivity contribution in [2.24, 2.45) is 0 Å².